The van der Waals surface area contributed by atoms with Crippen LogP contribution in [0.4, 0.5) is 0 Å². The van der Waals surface area contributed by atoms with Crippen molar-refractivity contribution in [1.29, 1.82) is 0 Å². The fourth-order valence-corrected chi connectivity index (χ4v) is 2.54. The summed E-state index contributed by atoms with van der Waals surface area (Å²) in [5.74, 6) is 0.960. The number of pyridine rings is 2. The van der Waals surface area contributed by atoms with Gasteiger partial charge in [-0.2, -0.15) is 9.50 Å². The zero-order chi connectivity index (χ0) is 16.5. The first kappa shape index (κ1) is 14.5. The van der Waals surface area contributed by atoms with Crippen LogP contribution < -0.4 is 5.56 Å². The molecule has 0 saturated carbocycles. The summed E-state index contributed by atoms with van der Waals surface area (Å²) in [7, 11) is 1.60. The molecule has 0 spiro atoms. The first-order valence-electron chi connectivity index (χ1n) is 7.42. The van der Waals surface area contributed by atoms with Crippen molar-refractivity contribution >= 4 is 16.7 Å². The van der Waals surface area contributed by atoms with E-state index >= 15 is 0 Å². The number of hydrogen-bond acceptors (Lipinski definition) is 6. The summed E-state index contributed by atoms with van der Waals surface area (Å²) in [6, 6.07) is 5.53. The minimum absolute atomic E-state index is 0.127. The molecule has 4 aromatic heterocycles. The van der Waals surface area contributed by atoms with Crippen molar-refractivity contribution in [3.8, 4) is 11.4 Å². The van der Waals surface area contributed by atoms with E-state index in [1.54, 1.807) is 34.8 Å². The van der Waals surface area contributed by atoms with Crippen molar-refractivity contribution in [2.45, 2.75) is 6.54 Å². The fraction of sp³-hybridized carbons (Fsp3) is 0.188. The smallest absolute Gasteiger partial charge is 0.261 e. The van der Waals surface area contributed by atoms with Gasteiger partial charge in [-0.3, -0.25) is 9.78 Å². The Balaban J connectivity index is 1.90. The molecule has 8 heteroatoms. The number of ether oxygens (including phenoxy) is 1. The number of rotatable bonds is 4. The SMILES string of the molecule is COCCn1ccc2c(cnc3nc(-c4cccnc4)nn32)c1=O. The number of methoxy groups -OCH3 is 1. The van der Waals surface area contributed by atoms with Gasteiger partial charge >= 0.3 is 0 Å². The standard InChI is InChI=1S/C16H14N6O2/c1-24-8-7-21-6-4-13-12(15(21)23)10-18-16-19-14(20-22(13)16)11-3-2-5-17-9-11/h2-6,9-10H,7-8H2,1H3. The van der Waals surface area contributed by atoms with Crippen LogP contribution in [0.3, 0.4) is 0 Å². The Morgan fingerprint density at radius 3 is 2.96 bits per heavy atom. The summed E-state index contributed by atoms with van der Waals surface area (Å²) < 4.78 is 8.21. The Kier molecular flexibility index (Phi) is 3.51. The molecule has 0 saturated heterocycles. The molecular weight excluding hydrogens is 308 g/mol. The molecule has 4 rings (SSSR count). The van der Waals surface area contributed by atoms with Gasteiger partial charge in [-0.15, -0.1) is 5.10 Å². The van der Waals surface area contributed by atoms with Crippen LogP contribution in [0.15, 0.2) is 47.8 Å². The van der Waals surface area contributed by atoms with Gasteiger partial charge in [0, 0.05) is 44.0 Å². The van der Waals surface area contributed by atoms with Crippen molar-refractivity contribution in [3.63, 3.8) is 0 Å². The van der Waals surface area contributed by atoms with Crippen LogP contribution in [-0.4, -0.2) is 42.8 Å². The van der Waals surface area contributed by atoms with Crippen molar-refractivity contribution in [2.24, 2.45) is 0 Å². The molecule has 0 aliphatic heterocycles. The van der Waals surface area contributed by atoms with E-state index in [2.05, 4.69) is 20.1 Å². The van der Waals surface area contributed by atoms with E-state index in [4.69, 9.17) is 4.74 Å². The number of nitrogens with zero attached hydrogens (tertiary/aromatic N) is 6. The van der Waals surface area contributed by atoms with Crippen LogP contribution >= 0.6 is 0 Å². The summed E-state index contributed by atoms with van der Waals surface area (Å²) in [5.41, 5.74) is 1.34. The zero-order valence-corrected chi connectivity index (χ0v) is 13.0. The molecule has 0 bridgehead atoms. The molecule has 0 N–H and O–H groups in total. The second-order valence-corrected chi connectivity index (χ2v) is 5.25. The Morgan fingerprint density at radius 1 is 1.25 bits per heavy atom. The van der Waals surface area contributed by atoms with Crippen LogP contribution in [-0.2, 0) is 11.3 Å². The second kappa shape index (κ2) is 5.82. The first-order valence-corrected chi connectivity index (χ1v) is 7.42. The molecule has 0 atom stereocenters. The van der Waals surface area contributed by atoms with Gasteiger partial charge < -0.3 is 9.30 Å². The molecule has 4 aromatic rings. The normalized spacial score (nSPS) is 11.4. The van der Waals surface area contributed by atoms with Gasteiger partial charge in [0.15, 0.2) is 5.82 Å². The van der Waals surface area contributed by atoms with Gasteiger partial charge in [0.05, 0.1) is 17.5 Å². The van der Waals surface area contributed by atoms with Gasteiger partial charge in [-0.1, -0.05) is 0 Å². The molecule has 120 valence electrons. The van der Waals surface area contributed by atoms with E-state index in [0.717, 1.165) is 5.56 Å². The Morgan fingerprint density at radius 2 is 2.17 bits per heavy atom. The van der Waals surface area contributed by atoms with Crippen molar-refractivity contribution in [1.82, 2.24) is 29.1 Å². The topological polar surface area (TPSA) is 87.2 Å². The molecule has 24 heavy (non-hydrogen) atoms. The van der Waals surface area contributed by atoms with Crippen molar-refractivity contribution < 1.29 is 4.74 Å². The van der Waals surface area contributed by atoms with Crippen LogP contribution in [0.2, 0.25) is 0 Å². The molecule has 8 nitrogen and oxygen atoms in total. The monoisotopic (exact) mass is 322 g/mol. The molecule has 0 unspecified atom stereocenters. The third-order valence-corrected chi connectivity index (χ3v) is 3.76. The van der Waals surface area contributed by atoms with Gasteiger partial charge in [0.2, 0.25) is 0 Å². The summed E-state index contributed by atoms with van der Waals surface area (Å²) in [6.07, 6.45) is 6.65. The Bertz CT molecular complexity index is 1070. The van der Waals surface area contributed by atoms with Crippen molar-refractivity contribution in [2.75, 3.05) is 13.7 Å². The highest BCUT2D eigenvalue weighted by Crippen LogP contribution is 2.16. The fourth-order valence-electron chi connectivity index (χ4n) is 2.54. The Labute approximate surface area is 136 Å². The van der Waals surface area contributed by atoms with Gasteiger partial charge in [-0.25, -0.2) is 4.98 Å². The zero-order valence-electron chi connectivity index (χ0n) is 13.0. The summed E-state index contributed by atoms with van der Waals surface area (Å²) in [6.45, 7) is 0.956. The van der Waals surface area contributed by atoms with E-state index in [-0.39, 0.29) is 5.56 Å². The number of aromatic nitrogens is 6. The molecule has 4 heterocycles. The molecule has 0 aliphatic rings. The lowest BCUT2D eigenvalue weighted by Crippen LogP contribution is -2.22. The lowest BCUT2D eigenvalue weighted by molar-refractivity contribution is 0.186. The van der Waals surface area contributed by atoms with Gasteiger partial charge in [-0.05, 0) is 18.2 Å². The third kappa shape index (κ3) is 2.33. The predicted molar refractivity (Wildman–Crippen MR) is 87.7 cm³/mol. The highest BCUT2D eigenvalue weighted by atomic mass is 16.5. The average Bonchev–Trinajstić information content (AvgIpc) is 3.06. The molecule has 0 amide bonds. The minimum atomic E-state index is -0.127. The molecule has 0 radical (unpaired) electrons. The first-order chi connectivity index (χ1) is 11.8. The molecular formula is C16H14N6O2. The summed E-state index contributed by atoms with van der Waals surface area (Å²) in [4.78, 5) is 25.3. The minimum Gasteiger partial charge on any atom is -0.383 e. The van der Waals surface area contributed by atoms with Crippen LogP contribution in [0, 0.1) is 0 Å². The van der Waals surface area contributed by atoms with Crippen molar-refractivity contribution in [3.05, 3.63) is 53.3 Å². The van der Waals surface area contributed by atoms with E-state index in [9.17, 15) is 4.79 Å². The number of fused-ring (bicyclic) bond motifs is 3. The maximum Gasteiger partial charge on any atom is 0.261 e. The second-order valence-electron chi connectivity index (χ2n) is 5.25. The highest BCUT2D eigenvalue weighted by molar-refractivity contribution is 5.79. The van der Waals surface area contributed by atoms with Crippen LogP contribution in [0.1, 0.15) is 0 Å². The predicted octanol–water partition coefficient (Wildman–Crippen LogP) is 1.15. The van der Waals surface area contributed by atoms with E-state index in [1.165, 1.54) is 6.20 Å². The van der Waals surface area contributed by atoms with Crippen LogP contribution in [0.25, 0.3) is 28.1 Å². The quantitative estimate of drug-likeness (QED) is 0.560. The van der Waals surface area contributed by atoms with E-state index in [1.807, 2.05) is 18.2 Å². The molecule has 0 aliphatic carbocycles. The lowest BCUT2D eigenvalue weighted by Gasteiger charge is -2.06. The third-order valence-electron chi connectivity index (χ3n) is 3.76. The average molecular weight is 322 g/mol. The largest absolute Gasteiger partial charge is 0.383 e. The Hall–Kier alpha value is -3.13. The molecule has 0 fully saturated rings. The molecule has 0 aromatic carbocycles. The highest BCUT2D eigenvalue weighted by Gasteiger charge is 2.12. The lowest BCUT2D eigenvalue weighted by atomic mass is 10.3. The number of hydrogen-bond donors (Lipinski definition) is 0. The maximum atomic E-state index is 12.6. The maximum absolute atomic E-state index is 12.6. The summed E-state index contributed by atoms with van der Waals surface area (Å²) in [5, 5.41) is 4.96. The van der Waals surface area contributed by atoms with Gasteiger partial charge in [0.25, 0.3) is 11.3 Å². The van der Waals surface area contributed by atoms with E-state index < -0.39 is 0 Å². The van der Waals surface area contributed by atoms with E-state index in [0.29, 0.717) is 35.7 Å². The summed E-state index contributed by atoms with van der Waals surface area (Å²) >= 11 is 0. The van der Waals surface area contributed by atoms with Gasteiger partial charge in [0.1, 0.15) is 0 Å². The van der Waals surface area contributed by atoms with Crippen LogP contribution in [0.5, 0.6) is 0 Å².